The summed E-state index contributed by atoms with van der Waals surface area (Å²) >= 11 is 3.11. The van der Waals surface area contributed by atoms with Gasteiger partial charge in [-0.2, -0.15) is 4.39 Å². The van der Waals surface area contributed by atoms with Crippen LogP contribution in [0.4, 0.5) is 8.78 Å². The van der Waals surface area contributed by atoms with Crippen LogP contribution in [-0.4, -0.2) is 0 Å². The molecule has 0 bridgehead atoms. The van der Waals surface area contributed by atoms with Crippen LogP contribution in [0.1, 0.15) is 16.7 Å². The molecule has 0 radical (unpaired) electrons. The standard InChI is InChI=1S/C15H14BrF2NO/c1-9-4-10(7-19)2-3-11(9)8-20-14-6-12(16)5-13(17)15(14)18/h2-6H,7-8,19H2,1H3. The largest absolute Gasteiger partial charge is 0.486 e. The normalized spacial score (nSPS) is 10.7. The van der Waals surface area contributed by atoms with E-state index in [0.717, 1.165) is 22.8 Å². The molecule has 5 heteroatoms. The quantitative estimate of drug-likeness (QED) is 0.850. The lowest BCUT2D eigenvalue weighted by Crippen LogP contribution is -2.03. The lowest BCUT2D eigenvalue weighted by molar-refractivity contribution is 0.283. The maximum absolute atomic E-state index is 13.6. The fourth-order valence-corrected chi connectivity index (χ4v) is 2.25. The highest BCUT2D eigenvalue weighted by atomic mass is 79.9. The molecule has 106 valence electrons. The Morgan fingerprint density at radius 1 is 1.20 bits per heavy atom. The maximum atomic E-state index is 13.6. The smallest absolute Gasteiger partial charge is 0.200 e. The summed E-state index contributed by atoms with van der Waals surface area (Å²) in [7, 11) is 0. The lowest BCUT2D eigenvalue weighted by atomic mass is 10.1. The molecule has 2 aromatic rings. The molecule has 0 aliphatic heterocycles. The van der Waals surface area contributed by atoms with Crippen molar-refractivity contribution < 1.29 is 13.5 Å². The second-order valence-corrected chi connectivity index (χ2v) is 5.37. The van der Waals surface area contributed by atoms with Gasteiger partial charge in [0.05, 0.1) is 0 Å². The second-order valence-electron chi connectivity index (χ2n) is 4.45. The predicted octanol–water partition coefficient (Wildman–Crippen LogP) is 4.07. The first-order valence-corrected chi connectivity index (χ1v) is 6.86. The van der Waals surface area contributed by atoms with Gasteiger partial charge in [0, 0.05) is 11.0 Å². The van der Waals surface area contributed by atoms with E-state index < -0.39 is 11.6 Å². The molecule has 0 saturated heterocycles. The molecule has 0 saturated carbocycles. The minimum atomic E-state index is -0.982. The highest BCUT2D eigenvalue weighted by Gasteiger charge is 2.12. The van der Waals surface area contributed by atoms with Gasteiger partial charge in [-0.1, -0.05) is 34.1 Å². The fraction of sp³-hybridized carbons (Fsp3) is 0.200. The van der Waals surface area contributed by atoms with Crippen molar-refractivity contribution in [3.05, 3.63) is 63.1 Å². The summed E-state index contributed by atoms with van der Waals surface area (Å²) in [6.07, 6.45) is 0. The molecule has 0 fully saturated rings. The average molecular weight is 342 g/mol. The molecule has 0 aromatic heterocycles. The molecule has 0 spiro atoms. The highest BCUT2D eigenvalue weighted by Crippen LogP contribution is 2.26. The van der Waals surface area contributed by atoms with E-state index in [-0.39, 0.29) is 12.4 Å². The van der Waals surface area contributed by atoms with Crippen LogP contribution in [-0.2, 0) is 13.2 Å². The van der Waals surface area contributed by atoms with E-state index in [1.807, 2.05) is 25.1 Å². The Morgan fingerprint density at radius 2 is 1.95 bits per heavy atom. The summed E-state index contributed by atoms with van der Waals surface area (Å²) in [4.78, 5) is 0. The minimum Gasteiger partial charge on any atom is -0.486 e. The summed E-state index contributed by atoms with van der Waals surface area (Å²) in [5.41, 5.74) is 8.49. The van der Waals surface area contributed by atoms with Crippen molar-refractivity contribution in [2.45, 2.75) is 20.1 Å². The molecule has 20 heavy (non-hydrogen) atoms. The van der Waals surface area contributed by atoms with E-state index in [4.69, 9.17) is 10.5 Å². The zero-order valence-electron chi connectivity index (χ0n) is 10.9. The highest BCUT2D eigenvalue weighted by molar-refractivity contribution is 9.10. The van der Waals surface area contributed by atoms with Crippen molar-refractivity contribution in [2.75, 3.05) is 0 Å². The van der Waals surface area contributed by atoms with E-state index in [1.165, 1.54) is 6.07 Å². The Kier molecular flexibility index (Phi) is 4.73. The van der Waals surface area contributed by atoms with Crippen molar-refractivity contribution in [3.8, 4) is 5.75 Å². The first kappa shape index (κ1) is 14.9. The topological polar surface area (TPSA) is 35.2 Å². The second kappa shape index (κ2) is 6.33. The molecule has 2 aromatic carbocycles. The first-order valence-electron chi connectivity index (χ1n) is 6.07. The Balaban J connectivity index is 2.17. The summed E-state index contributed by atoms with van der Waals surface area (Å²) in [5, 5.41) is 0. The Bertz CT molecular complexity index is 632. The summed E-state index contributed by atoms with van der Waals surface area (Å²) < 4.78 is 32.6. The molecule has 0 unspecified atom stereocenters. The van der Waals surface area contributed by atoms with E-state index in [0.29, 0.717) is 11.0 Å². The van der Waals surface area contributed by atoms with Crippen LogP contribution >= 0.6 is 15.9 Å². The van der Waals surface area contributed by atoms with Gasteiger partial charge < -0.3 is 10.5 Å². The Hall–Kier alpha value is -1.46. The van der Waals surface area contributed by atoms with Gasteiger partial charge in [-0.25, -0.2) is 4.39 Å². The van der Waals surface area contributed by atoms with E-state index in [2.05, 4.69) is 15.9 Å². The SMILES string of the molecule is Cc1cc(CN)ccc1COc1cc(Br)cc(F)c1F. The van der Waals surface area contributed by atoms with Crippen molar-refractivity contribution >= 4 is 15.9 Å². The third-order valence-corrected chi connectivity index (χ3v) is 3.44. The van der Waals surface area contributed by atoms with E-state index in [1.54, 1.807) is 0 Å². The summed E-state index contributed by atoms with van der Waals surface area (Å²) in [6, 6.07) is 8.19. The van der Waals surface area contributed by atoms with Crippen molar-refractivity contribution in [1.82, 2.24) is 0 Å². The van der Waals surface area contributed by atoms with Crippen LogP contribution < -0.4 is 10.5 Å². The zero-order valence-corrected chi connectivity index (χ0v) is 12.5. The van der Waals surface area contributed by atoms with E-state index >= 15 is 0 Å². The van der Waals surface area contributed by atoms with Gasteiger partial charge in [-0.3, -0.25) is 0 Å². The molecule has 0 aliphatic rings. The van der Waals surface area contributed by atoms with Crippen molar-refractivity contribution in [3.63, 3.8) is 0 Å². The molecule has 2 N–H and O–H groups in total. The molecular weight excluding hydrogens is 328 g/mol. The van der Waals surface area contributed by atoms with Crippen LogP contribution in [0, 0.1) is 18.6 Å². The zero-order chi connectivity index (χ0) is 14.7. The molecule has 0 atom stereocenters. The third-order valence-electron chi connectivity index (χ3n) is 2.99. The third kappa shape index (κ3) is 3.35. The van der Waals surface area contributed by atoms with E-state index in [9.17, 15) is 8.78 Å². The number of hydrogen-bond acceptors (Lipinski definition) is 2. The summed E-state index contributed by atoms with van der Waals surface area (Å²) in [5.74, 6) is -2.03. The van der Waals surface area contributed by atoms with Crippen LogP contribution in [0.3, 0.4) is 0 Å². The molecule has 0 heterocycles. The number of rotatable bonds is 4. The van der Waals surface area contributed by atoms with Crippen LogP contribution in [0.25, 0.3) is 0 Å². The van der Waals surface area contributed by atoms with Gasteiger partial charge in [0.1, 0.15) is 6.61 Å². The van der Waals surface area contributed by atoms with Gasteiger partial charge >= 0.3 is 0 Å². The first-order chi connectivity index (χ1) is 9.51. The maximum Gasteiger partial charge on any atom is 0.200 e. The van der Waals surface area contributed by atoms with Gasteiger partial charge in [0.15, 0.2) is 11.6 Å². The van der Waals surface area contributed by atoms with Crippen LogP contribution in [0.2, 0.25) is 0 Å². The van der Waals surface area contributed by atoms with Gasteiger partial charge in [0.2, 0.25) is 5.82 Å². The number of halogens is 3. The predicted molar refractivity (Wildman–Crippen MR) is 77.5 cm³/mol. The Labute approximate surface area is 124 Å². The number of benzene rings is 2. The van der Waals surface area contributed by atoms with Crippen LogP contribution in [0.5, 0.6) is 5.75 Å². The fourth-order valence-electron chi connectivity index (χ4n) is 1.84. The molecule has 2 rings (SSSR count). The van der Waals surface area contributed by atoms with Crippen molar-refractivity contribution in [1.29, 1.82) is 0 Å². The molecular formula is C15H14BrF2NO. The number of ether oxygens (including phenoxy) is 1. The monoisotopic (exact) mass is 341 g/mol. The molecule has 2 nitrogen and oxygen atoms in total. The number of hydrogen-bond donors (Lipinski definition) is 1. The van der Waals surface area contributed by atoms with Crippen molar-refractivity contribution in [2.24, 2.45) is 5.73 Å². The Morgan fingerprint density at radius 3 is 2.60 bits per heavy atom. The minimum absolute atomic E-state index is 0.112. The number of aryl methyl sites for hydroxylation is 1. The van der Waals surface area contributed by atoms with Crippen LogP contribution in [0.15, 0.2) is 34.8 Å². The lowest BCUT2D eigenvalue weighted by Gasteiger charge is -2.11. The average Bonchev–Trinajstić information content (AvgIpc) is 2.42. The molecule has 0 amide bonds. The van der Waals surface area contributed by atoms with Gasteiger partial charge in [-0.15, -0.1) is 0 Å². The van der Waals surface area contributed by atoms with Gasteiger partial charge in [0.25, 0.3) is 0 Å². The van der Waals surface area contributed by atoms with Gasteiger partial charge in [-0.05, 0) is 35.7 Å². The summed E-state index contributed by atoms with van der Waals surface area (Å²) in [6.45, 7) is 2.56. The molecule has 0 aliphatic carbocycles. The number of nitrogens with two attached hydrogens (primary N) is 1.